The van der Waals surface area contributed by atoms with E-state index in [1.807, 2.05) is 0 Å². The van der Waals surface area contributed by atoms with Crippen LogP contribution in [0.1, 0.15) is 24.0 Å². The lowest BCUT2D eigenvalue weighted by atomic mass is 9.79. The fraction of sp³-hybridized carbons (Fsp3) is 0.500. The Kier molecular flexibility index (Phi) is 2.43. The van der Waals surface area contributed by atoms with E-state index in [1.165, 1.54) is 12.1 Å². The van der Waals surface area contributed by atoms with E-state index in [-0.39, 0.29) is 5.56 Å². The Morgan fingerprint density at radius 3 is 2.22 bits per heavy atom. The zero-order valence-electron chi connectivity index (χ0n) is 9.83. The van der Waals surface area contributed by atoms with Crippen molar-refractivity contribution in [3.63, 3.8) is 0 Å². The maximum atomic E-state index is 13.9. The lowest BCUT2D eigenvalue weighted by Crippen LogP contribution is -2.45. The molecule has 1 aromatic rings. The molecular formula is C14H13F2NO. The largest absolute Gasteiger partial charge is 0.377 e. The standard InChI is InChI=1S/C14H13F2NO/c15-14(16,12-5-6-12)11-3-1-10(2-4-11)13(7-17)8-18-9-13/h1-4,12H,5-6,8-9H2. The van der Waals surface area contributed by atoms with Gasteiger partial charge >= 0.3 is 0 Å². The summed E-state index contributed by atoms with van der Waals surface area (Å²) in [6, 6.07) is 8.38. The maximum absolute atomic E-state index is 13.9. The van der Waals surface area contributed by atoms with Gasteiger partial charge in [-0.2, -0.15) is 5.26 Å². The molecule has 2 aliphatic rings. The number of alkyl halides is 2. The number of ether oxygens (including phenoxy) is 1. The molecule has 1 saturated heterocycles. The third-order valence-corrected chi connectivity index (χ3v) is 3.82. The van der Waals surface area contributed by atoms with E-state index in [1.54, 1.807) is 12.1 Å². The average molecular weight is 249 g/mol. The van der Waals surface area contributed by atoms with E-state index in [0.29, 0.717) is 26.1 Å². The van der Waals surface area contributed by atoms with Crippen LogP contribution >= 0.6 is 0 Å². The molecule has 0 bridgehead atoms. The molecule has 1 aromatic carbocycles. The summed E-state index contributed by atoms with van der Waals surface area (Å²) in [4.78, 5) is 0. The molecule has 4 heteroatoms. The van der Waals surface area contributed by atoms with Crippen molar-refractivity contribution < 1.29 is 13.5 Å². The van der Waals surface area contributed by atoms with Crippen LogP contribution in [0.2, 0.25) is 0 Å². The molecule has 0 aromatic heterocycles. The molecule has 1 aliphatic carbocycles. The minimum absolute atomic E-state index is 0.0575. The van der Waals surface area contributed by atoms with Crippen LogP contribution in [0.5, 0.6) is 0 Å². The first-order chi connectivity index (χ1) is 8.58. The van der Waals surface area contributed by atoms with Crippen LogP contribution in [0.3, 0.4) is 0 Å². The third-order valence-electron chi connectivity index (χ3n) is 3.82. The van der Waals surface area contributed by atoms with Crippen molar-refractivity contribution in [2.75, 3.05) is 13.2 Å². The van der Waals surface area contributed by atoms with Crippen LogP contribution in [0.15, 0.2) is 24.3 Å². The van der Waals surface area contributed by atoms with Crippen LogP contribution in [-0.4, -0.2) is 13.2 Å². The van der Waals surface area contributed by atoms with E-state index in [2.05, 4.69) is 6.07 Å². The molecule has 1 heterocycles. The number of hydrogen-bond acceptors (Lipinski definition) is 2. The van der Waals surface area contributed by atoms with Crippen LogP contribution in [0.4, 0.5) is 8.78 Å². The molecule has 0 spiro atoms. The van der Waals surface area contributed by atoms with E-state index in [4.69, 9.17) is 10.00 Å². The summed E-state index contributed by atoms with van der Waals surface area (Å²) >= 11 is 0. The molecule has 0 unspecified atom stereocenters. The Hall–Kier alpha value is -1.47. The topological polar surface area (TPSA) is 33.0 Å². The first-order valence-electron chi connectivity index (χ1n) is 6.06. The normalized spacial score (nSPS) is 22.1. The van der Waals surface area contributed by atoms with Gasteiger partial charge < -0.3 is 4.74 Å². The second kappa shape index (κ2) is 3.76. The molecule has 0 amide bonds. The Labute approximate surface area is 104 Å². The predicted molar refractivity (Wildman–Crippen MR) is 61.2 cm³/mol. The summed E-state index contributed by atoms with van der Waals surface area (Å²) in [5, 5.41) is 9.14. The minimum atomic E-state index is -2.73. The highest BCUT2D eigenvalue weighted by atomic mass is 19.3. The minimum Gasteiger partial charge on any atom is -0.377 e. The van der Waals surface area contributed by atoms with E-state index in [0.717, 1.165) is 5.56 Å². The van der Waals surface area contributed by atoms with Crippen molar-refractivity contribution in [2.24, 2.45) is 5.92 Å². The fourth-order valence-electron chi connectivity index (χ4n) is 2.30. The zero-order chi connectivity index (χ0) is 12.8. The van der Waals surface area contributed by atoms with Gasteiger partial charge in [0.25, 0.3) is 5.92 Å². The first kappa shape index (κ1) is 11.6. The Morgan fingerprint density at radius 1 is 1.22 bits per heavy atom. The molecule has 18 heavy (non-hydrogen) atoms. The first-order valence-corrected chi connectivity index (χ1v) is 6.06. The van der Waals surface area contributed by atoms with Gasteiger partial charge in [0.05, 0.1) is 19.3 Å². The van der Waals surface area contributed by atoms with Gasteiger partial charge in [-0.05, 0) is 18.4 Å². The van der Waals surface area contributed by atoms with Gasteiger partial charge in [-0.3, -0.25) is 0 Å². The molecule has 2 nitrogen and oxygen atoms in total. The summed E-state index contributed by atoms with van der Waals surface area (Å²) in [7, 11) is 0. The molecule has 3 rings (SSSR count). The number of halogens is 2. The monoisotopic (exact) mass is 249 g/mol. The van der Waals surface area contributed by atoms with Crippen molar-refractivity contribution in [1.29, 1.82) is 5.26 Å². The number of benzene rings is 1. The van der Waals surface area contributed by atoms with E-state index < -0.39 is 17.3 Å². The summed E-state index contributed by atoms with van der Waals surface area (Å²) in [5.74, 6) is -3.23. The Balaban J connectivity index is 1.87. The van der Waals surface area contributed by atoms with Gasteiger partial charge in [-0.25, -0.2) is 8.78 Å². The van der Waals surface area contributed by atoms with Gasteiger partial charge in [0.2, 0.25) is 0 Å². The molecule has 0 radical (unpaired) electrons. The molecule has 1 saturated carbocycles. The fourth-order valence-corrected chi connectivity index (χ4v) is 2.30. The zero-order valence-corrected chi connectivity index (χ0v) is 9.83. The number of hydrogen-bond donors (Lipinski definition) is 0. The number of rotatable bonds is 3. The highest BCUT2D eigenvalue weighted by Crippen LogP contribution is 2.49. The second-order valence-electron chi connectivity index (χ2n) is 5.16. The average Bonchev–Trinajstić information content (AvgIpc) is 3.13. The van der Waals surface area contributed by atoms with Crippen LogP contribution in [-0.2, 0) is 16.1 Å². The van der Waals surface area contributed by atoms with Crippen molar-refractivity contribution in [2.45, 2.75) is 24.2 Å². The lowest BCUT2D eigenvalue weighted by molar-refractivity contribution is -0.0314. The van der Waals surface area contributed by atoms with Crippen molar-refractivity contribution in [3.8, 4) is 6.07 Å². The Morgan fingerprint density at radius 2 is 1.83 bits per heavy atom. The molecular weight excluding hydrogens is 236 g/mol. The van der Waals surface area contributed by atoms with E-state index in [9.17, 15) is 8.78 Å². The summed E-state index contributed by atoms with van der Waals surface area (Å²) in [6.07, 6.45) is 1.20. The maximum Gasteiger partial charge on any atom is 0.276 e. The molecule has 94 valence electrons. The smallest absolute Gasteiger partial charge is 0.276 e. The molecule has 0 N–H and O–H groups in total. The predicted octanol–water partition coefficient (Wildman–Crippen LogP) is 2.98. The number of nitriles is 1. The van der Waals surface area contributed by atoms with Crippen LogP contribution < -0.4 is 0 Å². The Bertz CT molecular complexity index is 496. The SMILES string of the molecule is N#CC1(c2ccc(C(F)(F)C3CC3)cc2)COC1. The van der Waals surface area contributed by atoms with Crippen molar-refractivity contribution in [1.82, 2.24) is 0 Å². The van der Waals surface area contributed by atoms with Gasteiger partial charge in [0, 0.05) is 11.5 Å². The molecule has 2 fully saturated rings. The molecule has 1 aliphatic heterocycles. The van der Waals surface area contributed by atoms with E-state index >= 15 is 0 Å². The highest BCUT2D eigenvalue weighted by molar-refractivity contribution is 5.38. The van der Waals surface area contributed by atoms with Crippen molar-refractivity contribution >= 4 is 0 Å². The van der Waals surface area contributed by atoms with Gasteiger partial charge in [-0.15, -0.1) is 0 Å². The second-order valence-corrected chi connectivity index (χ2v) is 5.16. The summed E-state index contributed by atoms with van der Waals surface area (Å²) < 4.78 is 32.8. The van der Waals surface area contributed by atoms with Crippen LogP contribution in [0, 0.1) is 17.2 Å². The molecule has 0 atom stereocenters. The third kappa shape index (κ3) is 1.62. The number of nitrogens with zero attached hydrogens (tertiary/aromatic N) is 1. The van der Waals surface area contributed by atoms with Crippen LogP contribution in [0.25, 0.3) is 0 Å². The quantitative estimate of drug-likeness (QED) is 0.825. The van der Waals surface area contributed by atoms with Gasteiger partial charge in [0.15, 0.2) is 0 Å². The van der Waals surface area contributed by atoms with Gasteiger partial charge in [-0.1, -0.05) is 24.3 Å². The summed E-state index contributed by atoms with van der Waals surface area (Å²) in [5.41, 5.74) is 0.196. The lowest BCUT2D eigenvalue weighted by Gasteiger charge is -2.35. The highest BCUT2D eigenvalue weighted by Gasteiger charge is 2.48. The van der Waals surface area contributed by atoms with Crippen molar-refractivity contribution in [3.05, 3.63) is 35.4 Å². The van der Waals surface area contributed by atoms with Gasteiger partial charge in [0.1, 0.15) is 5.41 Å². The summed E-state index contributed by atoms with van der Waals surface area (Å²) in [6.45, 7) is 0.698.